The normalized spacial score (nSPS) is 11.9. The fraction of sp³-hybridized carbons (Fsp3) is 0.167. The van der Waals surface area contributed by atoms with Gasteiger partial charge in [0.05, 0.1) is 6.10 Å². The highest BCUT2D eigenvalue weighted by Crippen LogP contribution is 2.18. The van der Waals surface area contributed by atoms with Crippen LogP contribution < -0.4 is 5.32 Å². The van der Waals surface area contributed by atoms with E-state index in [1.54, 1.807) is 24.5 Å². The monoisotopic (exact) mass is 323 g/mol. The van der Waals surface area contributed by atoms with Crippen molar-refractivity contribution in [1.82, 2.24) is 15.5 Å². The van der Waals surface area contributed by atoms with Crippen molar-refractivity contribution < 1.29 is 14.4 Å². The van der Waals surface area contributed by atoms with Gasteiger partial charge in [-0.15, -0.1) is 0 Å². The largest absolute Gasteiger partial charge is 0.391 e. The third-order valence-corrected chi connectivity index (χ3v) is 3.50. The Morgan fingerprint density at radius 3 is 2.79 bits per heavy atom. The molecule has 122 valence electrons. The molecule has 0 radical (unpaired) electrons. The average molecular weight is 323 g/mol. The second kappa shape index (κ2) is 7.52. The van der Waals surface area contributed by atoms with Crippen LogP contribution in [0.15, 0.2) is 65.4 Å². The van der Waals surface area contributed by atoms with Gasteiger partial charge in [0, 0.05) is 37.0 Å². The van der Waals surface area contributed by atoms with Crippen molar-refractivity contribution in [2.75, 3.05) is 6.54 Å². The Hall–Kier alpha value is -2.99. The number of amides is 1. The highest BCUT2D eigenvalue weighted by Gasteiger charge is 2.15. The van der Waals surface area contributed by atoms with Gasteiger partial charge < -0.3 is 14.9 Å². The maximum absolute atomic E-state index is 12.1. The number of aromatic nitrogens is 2. The average Bonchev–Trinajstić information content (AvgIpc) is 3.11. The molecular formula is C18H17N3O3. The zero-order chi connectivity index (χ0) is 16.8. The van der Waals surface area contributed by atoms with Crippen LogP contribution in [0.5, 0.6) is 0 Å². The topological polar surface area (TPSA) is 88.2 Å². The first-order valence-corrected chi connectivity index (χ1v) is 7.59. The van der Waals surface area contributed by atoms with E-state index in [0.717, 1.165) is 11.1 Å². The molecule has 0 saturated heterocycles. The fourth-order valence-electron chi connectivity index (χ4n) is 2.29. The van der Waals surface area contributed by atoms with Crippen molar-refractivity contribution >= 4 is 5.91 Å². The lowest BCUT2D eigenvalue weighted by molar-refractivity contribution is 0.0907. The van der Waals surface area contributed by atoms with Crippen LogP contribution in [0.3, 0.4) is 0 Å². The highest BCUT2D eigenvalue weighted by atomic mass is 16.5. The zero-order valence-corrected chi connectivity index (χ0v) is 12.9. The molecule has 0 saturated carbocycles. The van der Waals surface area contributed by atoms with Crippen LogP contribution in [0.1, 0.15) is 16.1 Å². The number of carbonyl (C=O) groups is 1. The Bertz CT molecular complexity index is 788. The molecule has 0 aliphatic carbocycles. The molecule has 0 aliphatic heterocycles. The van der Waals surface area contributed by atoms with Gasteiger partial charge in [0.1, 0.15) is 0 Å². The first kappa shape index (κ1) is 15.9. The Labute approximate surface area is 139 Å². The molecule has 1 aromatic carbocycles. The summed E-state index contributed by atoms with van der Waals surface area (Å²) < 4.78 is 5.16. The SMILES string of the molecule is O=C(NCC(O)Cc1ccccc1)c1cc(-c2cccnc2)on1. The number of hydrogen-bond acceptors (Lipinski definition) is 5. The summed E-state index contributed by atoms with van der Waals surface area (Å²) in [7, 11) is 0. The van der Waals surface area contributed by atoms with E-state index in [9.17, 15) is 9.90 Å². The van der Waals surface area contributed by atoms with Crippen molar-refractivity contribution in [3.8, 4) is 11.3 Å². The standard InChI is InChI=1S/C18H17N3O3/c22-15(9-13-5-2-1-3-6-13)12-20-18(23)16-10-17(24-21-16)14-7-4-8-19-11-14/h1-8,10-11,15,22H,9,12H2,(H,20,23). The van der Waals surface area contributed by atoms with Crippen LogP contribution in [-0.4, -0.2) is 33.8 Å². The van der Waals surface area contributed by atoms with Gasteiger partial charge in [0.2, 0.25) is 0 Å². The molecule has 2 heterocycles. The molecule has 6 heteroatoms. The van der Waals surface area contributed by atoms with E-state index < -0.39 is 6.10 Å². The van der Waals surface area contributed by atoms with Gasteiger partial charge in [-0.2, -0.15) is 0 Å². The lowest BCUT2D eigenvalue weighted by Gasteiger charge is -2.11. The molecular weight excluding hydrogens is 306 g/mol. The van der Waals surface area contributed by atoms with E-state index in [0.29, 0.717) is 12.2 Å². The number of rotatable bonds is 6. The van der Waals surface area contributed by atoms with Crippen LogP contribution in [0, 0.1) is 0 Å². The summed E-state index contributed by atoms with van der Waals surface area (Å²) in [5, 5.41) is 16.4. The smallest absolute Gasteiger partial charge is 0.273 e. The van der Waals surface area contributed by atoms with Gasteiger partial charge >= 0.3 is 0 Å². The van der Waals surface area contributed by atoms with Gasteiger partial charge in [-0.1, -0.05) is 35.5 Å². The van der Waals surface area contributed by atoms with Gasteiger partial charge in [-0.3, -0.25) is 9.78 Å². The van der Waals surface area contributed by atoms with E-state index in [2.05, 4.69) is 15.5 Å². The van der Waals surface area contributed by atoms with Crippen molar-refractivity contribution in [2.45, 2.75) is 12.5 Å². The third kappa shape index (κ3) is 4.05. The molecule has 24 heavy (non-hydrogen) atoms. The quantitative estimate of drug-likeness (QED) is 0.725. The summed E-state index contributed by atoms with van der Waals surface area (Å²) in [5.41, 5.74) is 1.92. The molecule has 6 nitrogen and oxygen atoms in total. The van der Waals surface area contributed by atoms with Crippen molar-refractivity contribution in [2.24, 2.45) is 0 Å². The summed E-state index contributed by atoms with van der Waals surface area (Å²) in [6.45, 7) is 0.142. The summed E-state index contributed by atoms with van der Waals surface area (Å²) in [5.74, 6) is 0.0825. The summed E-state index contributed by atoms with van der Waals surface area (Å²) >= 11 is 0. The zero-order valence-electron chi connectivity index (χ0n) is 12.9. The number of nitrogens with zero attached hydrogens (tertiary/aromatic N) is 2. The van der Waals surface area contributed by atoms with Crippen molar-refractivity contribution in [3.05, 3.63) is 72.2 Å². The number of aliphatic hydroxyl groups excluding tert-OH is 1. The van der Waals surface area contributed by atoms with E-state index in [4.69, 9.17) is 4.52 Å². The van der Waals surface area contributed by atoms with Gasteiger partial charge in [-0.05, 0) is 17.7 Å². The minimum absolute atomic E-state index is 0.142. The Morgan fingerprint density at radius 2 is 2.04 bits per heavy atom. The van der Waals surface area contributed by atoms with Gasteiger partial charge in [0.15, 0.2) is 11.5 Å². The van der Waals surface area contributed by atoms with Crippen molar-refractivity contribution in [1.29, 1.82) is 0 Å². The Balaban J connectivity index is 1.55. The second-order valence-electron chi connectivity index (χ2n) is 5.37. The van der Waals surface area contributed by atoms with Gasteiger partial charge in [0.25, 0.3) is 5.91 Å². The number of carbonyl (C=O) groups excluding carboxylic acids is 1. The highest BCUT2D eigenvalue weighted by molar-refractivity contribution is 5.93. The lowest BCUT2D eigenvalue weighted by atomic mass is 10.1. The van der Waals surface area contributed by atoms with E-state index >= 15 is 0 Å². The third-order valence-electron chi connectivity index (χ3n) is 3.50. The Morgan fingerprint density at radius 1 is 1.21 bits per heavy atom. The minimum Gasteiger partial charge on any atom is -0.391 e. The molecule has 3 aromatic rings. The number of nitrogens with one attached hydrogen (secondary N) is 1. The van der Waals surface area contributed by atoms with E-state index in [1.807, 2.05) is 36.4 Å². The van der Waals surface area contributed by atoms with Crippen LogP contribution in [0.2, 0.25) is 0 Å². The summed E-state index contributed by atoms with van der Waals surface area (Å²) in [6.07, 6.45) is 3.09. The first-order chi connectivity index (χ1) is 11.7. The lowest BCUT2D eigenvalue weighted by Crippen LogP contribution is -2.33. The molecule has 1 amide bonds. The number of aliphatic hydroxyl groups is 1. The molecule has 0 fully saturated rings. The Kier molecular flexibility index (Phi) is 4.98. The van der Waals surface area contributed by atoms with Crippen LogP contribution in [0.25, 0.3) is 11.3 Å². The minimum atomic E-state index is -0.666. The fourth-order valence-corrected chi connectivity index (χ4v) is 2.29. The molecule has 0 bridgehead atoms. The number of benzene rings is 1. The molecule has 3 rings (SSSR count). The van der Waals surface area contributed by atoms with Crippen molar-refractivity contribution in [3.63, 3.8) is 0 Å². The van der Waals surface area contributed by atoms with E-state index in [-0.39, 0.29) is 18.1 Å². The molecule has 2 aromatic heterocycles. The van der Waals surface area contributed by atoms with Crippen LogP contribution >= 0.6 is 0 Å². The molecule has 2 N–H and O–H groups in total. The molecule has 0 aliphatic rings. The molecule has 0 spiro atoms. The molecule has 1 atom stereocenters. The second-order valence-corrected chi connectivity index (χ2v) is 5.37. The van der Waals surface area contributed by atoms with Gasteiger partial charge in [-0.25, -0.2) is 0 Å². The number of hydrogen-bond donors (Lipinski definition) is 2. The summed E-state index contributed by atoms with van der Waals surface area (Å²) in [6, 6.07) is 14.8. The van der Waals surface area contributed by atoms with E-state index in [1.165, 1.54) is 0 Å². The van der Waals surface area contributed by atoms with Crippen LogP contribution in [0.4, 0.5) is 0 Å². The predicted octanol–water partition coefficient (Wildman–Crippen LogP) is 2.07. The maximum atomic E-state index is 12.1. The number of pyridine rings is 1. The summed E-state index contributed by atoms with van der Waals surface area (Å²) in [4.78, 5) is 16.1. The molecule has 1 unspecified atom stereocenters. The first-order valence-electron chi connectivity index (χ1n) is 7.59. The predicted molar refractivity (Wildman–Crippen MR) is 88.2 cm³/mol. The maximum Gasteiger partial charge on any atom is 0.273 e. The van der Waals surface area contributed by atoms with Crippen LogP contribution in [-0.2, 0) is 6.42 Å².